The number of hydrogen-bond donors (Lipinski definition) is 0. The molecule has 1 atom stereocenters. The minimum Gasteiger partial charge on any atom is -0.294 e. The van der Waals surface area contributed by atoms with Crippen LogP contribution < -0.4 is 0 Å². The fraction of sp³-hybridized carbons (Fsp3) is 0.389. The third-order valence-corrected chi connectivity index (χ3v) is 4.31. The van der Waals surface area contributed by atoms with E-state index in [-0.39, 0.29) is 11.7 Å². The van der Waals surface area contributed by atoms with Crippen molar-refractivity contribution >= 4 is 11.3 Å². The van der Waals surface area contributed by atoms with Gasteiger partial charge in [-0.3, -0.25) is 9.48 Å². The number of ketones is 1. The van der Waals surface area contributed by atoms with E-state index >= 15 is 0 Å². The van der Waals surface area contributed by atoms with Gasteiger partial charge in [0.25, 0.3) is 0 Å². The Kier molecular flexibility index (Phi) is 4.03. The van der Waals surface area contributed by atoms with Crippen molar-refractivity contribution in [3.05, 3.63) is 42.5 Å². The Morgan fingerprint density at radius 2 is 1.87 bits per heavy atom. The van der Waals surface area contributed by atoms with Crippen LogP contribution in [0.3, 0.4) is 0 Å². The molecule has 5 heteroatoms. The molecule has 3 heterocycles. The van der Waals surface area contributed by atoms with Gasteiger partial charge < -0.3 is 0 Å². The van der Waals surface area contributed by atoms with Gasteiger partial charge in [-0.2, -0.15) is 10.2 Å². The largest absolute Gasteiger partial charge is 0.294 e. The number of aromatic nitrogens is 4. The van der Waals surface area contributed by atoms with Crippen LogP contribution in [-0.2, 0) is 0 Å². The Balaban J connectivity index is 1.99. The number of carbonyl (C=O) groups excluding carboxylic acids is 1. The molecule has 0 amide bonds. The Morgan fingerprint density at radius 3 is 2.52 bits per heavy atom. The molecule has 0 saturated heterocycles. The highest BCUT2D eigenvalue weighted by molar-refractivity contribution is 6.03. The summed E-state index contributed by atoms with van der Waals surface area (Å²) in [6, 6.07) is 4.31. The number of hydrogen-bond acceptors (Lipinski definition) is 3. The first-order chi connectivity index (χ1) is 11.0. The van der Waals surface area contributed by atoms with Gasteiger partial charge in [0.2, 0.25) is 0 Å². The number of carbonyl (C=O) groups is 1. The number of pyridine rings is 1. The molecule has 0 radical (unpaired) electrons. The topological polar surface area (TPSA) is 52.2 Å². The Hall–Kier alpha value is -2.43. The summed E-state index contributed by atoms with van der Waals surface area (Å²) in [6.07, 6.45) is 8.34. The van der Waals surface area contributed by atoms with Crippen LogP contribution in [-0.4, -0.2) is 25.2 Å². The second kappa shape index (κ2) is 5.99. The first-order valence-corrected chi connectivity index (χ1v) is 8.07. The van der Waals surface area contributed by atoms with E-state index in [1.165, 1.54) is 0 Å². The third-order valence-electron chi connectivity index (χ3n) is 4.31. The zero-order valence-electron chi connectivity index (χ0n) is 14.0. The lowest BCUT2D eigenvalue weighted by molar-refractivity contribution is 0.0929. The summed E-state index contributed by atoms with van der Waals surface area (Å²) in [4.78, 5) is 12.4. The van der Waals surface area contributed by atoms with E-state index in [1.807, 2.05) is 49.3 Å². The smallest absolute Gasteiger partial charge is 0.169 e. The molecule has 0 aliphatic rings. The predicted molar refractivity (Wildman–Crippen MR) is 90.6 cm³/mol. The maximum absolute atomic E-state index is 12.4. The summed E-state index contributed by atoms with van der Waals surface area (Å²) in [5.74, 6) is 0.176. The normalized spacial score (nSPS) is 12.9. The van der Waals surface area contributed by atoms with Crippen molar-refractivity contribution in [3.63, 3.8) is 0 Å². The number of Topliss-reactive ketones (excluding diaryl/α,β-unsaturated/α-hetero) is 1. The number of fused-ring (bicyclic) bond motifs is 1. The Labute approximate surface area is 135 Å². The van der Waals surface area contributed by atoms with E-state index in [4.69, 9.17) is 0 Å². The Morgan fingerprint density at radius 1 is 1.09 bits per heavy atom. The van der Waals surface area contributed by atoms with Gasteiger partial charge in [-0.05, 0) is 26.3 Å². The zero-order chi connectivity index (χ0) is 16.6. The van der Waals surface area contributed by atoms with Crippen LogP contribution in [0.5, 0.6) is 0 Å². The maximum Gasteiger partial charge on any atom is 0.169 e. The molecule has 3 aromatic heterocycles. The SMILES string of the molecule is CCC(C)C(=O)c1cnn2cc(-c3cnn(C(C)C)c3)ccc12. The molecule has 0 bridgehead atoms. The summed E-state index contributed by atoms with van der Waals surface area (Å²) in [5, 5.41) is 8.73. The lowest BCUT2D eigenvalue weighted by Gasteiger charge is -2.06. The van der Waals surface area contributed by atoms with Crippen LogP contribution in [0.15, 0.2) is 36.9 Å². The molecule has 3 aromatic rings. The van der Waals surface area contributed by atoms with Gasteiger partial charge in [0, 0.05) is 35.5 Å². The van der Waals surface area contributed by atoms with Crippen LogP contribution in [0.4, 0.5) is 0 Å². The lowest BCUT2D eigenvalue weighted by Crippen LogP contribution is -2.09. The fourth-order valence-electron chi connectivity index (χ4n) is 2.57. The molecule has 0 N–H and O–H groups in total. The van der Waals surface area contributed by atoms with Gasteiger partial charge in [-0.1, -0.05) is 19.9 Å². The maximum atomic E-state index is 12.4. The minimum absolute atomic E-state index is 0.0203. The third kappa shape index (κ3) is 2.79. The summed E-state index contributed by atoms with van der Waals surface area (Å²) in [6.45, 7) is 8.18. The molecule has 120 valence electrons. The number of nitrogens with zero attached hydrogens (tertiary/aromatic N) is 4. The van der Waals surface area contributed by atoms with E-state index in [0.29, 0.717) is 11.6 Å². The van der Waals surface area contributed by atoms with Crippen molar-refractivity contribution in [1.82, 2.24) is 19.4 Å². The van der Waals surface area contributed by atoms with Gasteiger partial charge in [-0.25, -0.2) is 4.52 Å². The Bertz CT molecular complexity index is 844. The molecule has 0 fully saturated rings. The molecule has 0 aliphatic heterocycles. The lowest BCUT2D eigenvalue weighted by atomic mass is 9.98. The minimum atomic E-state index is 0.0203. The summed E-state index contributed by atoms with van der Waals surface area (Å²) in [7, 11) is 0. The van der Waals surface area contributed by atoms with E-state index in [0.717, 1.165) is 23.1 Å². The van der Waals surface area contributed by atoms with Crippen molar-refractivity contribution in [3.8, 4) is 11.1 Å². The number of rotatable bonds is 5. The molecule has 23 heavy (non-hydrogen) atoms. The molecule has 1 unspecified atom stereocenters. The van der Waals surface area contributed by atoms with E-state index in [1.54, 1.807) is 10.7 Å². The van der Waals surface area contributed by atoms with Crippen LogP contribution in [0.25, 0.3) is 16.6 Å². The summed E-state index contributed by atoms with van der Waals surface area (Å²) >= 11 is 0. The first kappa shape index (κ1) is 15.5. The highest BCUT2D eigenvalue weighted by Crippen LogP contribution is 2.23. The van der Waals surface area contributed by atoms with Gasteiger partial charge in [0.05, 0.1) is 23.5 Å². The molecule has 3 rings (SSSR count). The van der Waals surface area contributed by atoms with E-state index in [2.05, 4.69) is 24.0 Å². The second-order valence-corrected chi connectivity index (χ2v) is 6.28. The molecule has 5 nitrogen and oxygen atoms in total. The van der Waals surface area contributed by atoms with Gasteiger partial charge in [-0.15, -0.1) is 0 Å². The van der Waals surface area contributed by atoms with Crippen molar-refractivity contribution < 1.29 is 4.79 Å². The first-order valence-electron chi connectivity index (χ1n) is 8.07. The van der Waals surface area contributed by atoms with Gasteiger partial charge in [0.1, 0.15) is 0 Å². The molecular formula is C18H22N4O. The standard InChI is InChI=1S/C18H22N4O/c1-5-13(4)18(23)16-9-20-22-10-14(6-7-17(16)22)15-8-19-21(11-15)12(2)3/h6-13H,5H2,1-4H3. The van der Waals surface area contributed by atoms with E-state index < -0.39 is 0 Å². The molecule has 0 spiro atoms. The van der Waals surface area contributed by atoms with Gasteiger partial charge >= 0.3 is 0 Å². The highest BCUT2D eigenvalue weighted by Gasteiger charge is 2.18. The average molecular weight is 310 g/mol. The van der Waals surface area contributed by atoms with Crippen LogP contribution >= 0.6 is 0 Å². The van der Waals surface area contributed by atoms with Crippen molar-refractivity contribution in [2.24, 2.45) is 5.92 Å². The molecule has 0 saturated carbocycles. The molecule has 0 aliphatic carbocycles. The average Bonchev–Trinajstić information content (AvgIpc) is 3.19. The quantitative estimate of drug-likeness (QED) is 0.669. The van der Waals surface area contributed by atoms with Crippen molar-refractivity contribution in [2.75, 3.05) is 0 Å². The summed E-state index contributed by atoms with van der Waals surface area (Å²) in [5.41, 5.74) is 3.64. The molecule has 0 aromatic carbocycles. The predicted octanol–water partition coefficient (Wildman–Crippen LogP) is 4.01. The van der Waals surface area contributed by atoms with Gasteiger partial charge in [0.15, 0.2) is 5.78 Å². The van der Waals surface area contributed by atoms with E-state index in [9.17, 15) is 4.79 Å². The fourth-order valence-corrected chi connectivity index (χ4v) is 2.57. The monoisotopic (exact) mass is 310 g/mol. The van der Waals surface area contributed by atoms with Crippen molar-refractivity contribution in [1.29, 1.82) is 0 Å². The molecular weight excluding hydrogens is 288 g/mol. The summed E-state index contributed by atoms with van der Waals surface area (Å²) < 4.78 is 3.71. The van der Waals surface area contributed by atoms with Crippen LogP contribution in [0.2, 0.25) is 0 Å². The highest BCUT2D eigenvalue weighted by atomic mass is 16.1. The van der Waals surface area contributed by atoms with Crippen LogP contribution in [0, 0.1) is 5.92 Å². The van der Waals surface area contributed by atoms with Crippen molar-refractivity contribution in [2.45, 2.75) is 40.2 Å². The second-order valence-electron chi connectivity index (χ2n) is 6.28. The van der Waals surface area contributed by atoms with Crippen LogP contribution in [0.1, 0.15) is 50.5 Å². The zero-order valence-corrected chi connectivity index (χ0v) is 14.0.